The van der Waals surface area contributed by atoms with E-state index in [1.54, 1.807) is 12.1 Å². The number of aryl methyl sites for hydroxylation is 1. The minimum absolute atomic E-state index is 0.257. The van der Waals surface area contributed by atoms with Crippen LogP contribution in [0.3, 0.4) is 0 Å². The summed E-state index contributed by atoms with van der Waals surface area (Å²) < 4.78 is 30.8. The van der Waals surface area contributed by atoms with Crippen molar-refractivity contribution in [3.8, 4) is 5.75 Å². The molecule has 0 saturated heterocycles. The molecule has 0 aliphatic heterocycles. The van der Waals surface area contributed by atoms with Crippen molar-refractivity contribution in [1.82, 2.24) is 5.32 Å². The molecule has 27 heavy (non-hydrogen) atoms. The smallest absolute Gasteiger partial charge is 0.241 e. The fraction of sp³-hybridized carbons (Fsp3) is 0.350. The normalized spacial score (nSPS) is 12.3. The summed E-state index contributed by atoms with van der Waals surface area (Å²) in [6, 6.07) is 14.2. The van der Waals surface area contributed by atoms with Gasteiger partial charge in [0.15, 0.2) is 0 Å². The number of hydrogen-bond donors (Lipinski definition) is 1. The van der Waals surface area contributed by atoms with E-state index < -0.39 is 10.0 Å². The average Bonchev–Trinajstić information content (AvgIpc) is 2.60. The van der Waals surface area contributed by atoms with Crippen molar-refractivity contribution in [1.29, 1.82) is 0 Å². The van der Waals surface area contributed by atoms with E-state index in [0.717, 1.165) is 27.4 Å². The molecule has 1 amide bonds. The number of rotatable bonds is 8. The maximum Gasteiger partial charge on any atom is 0.241 e. The number of amides is 1. The Morgan fingerprint density at radius 1 is 1.11 bits per heavy atom. The fourth-order valence-electron chi connectivity index (χ4n) is 2.63. The Hall–Kier alpha value is -2.54. The second-order valence-corrected chi connectivity index (χ2v) is 8.30. The first kappa shape index (κ1) is 20.8. The largest absolute Gasteiger partial charge is 0.494 e. The van der Waals surface area contributed by atoms with Crippen LogP contribution in [0, 0.1) is 6.92 Å². The number of ether oxygens (including phenoxy) is 1. The van der Waals surface area contributed by atoms with Gasteiger partial charge in [-0.1, -0.05) is 29.8 Å². The number of nitrogens with one attached hydrogen (secondary N) is 1. The summed E-state index contributed by atoms with van der Waals surface area (Å²) in [6.45, 7) is 6.00. The van der Waals surface area contributed by atoms with Gasteiger partial charge in [0.1, 0.15) is 12.3 Å². The van der Waals surface area contributed by atoms with Crippen LogP contribution in [0.15, 0.2) is 48.5 Å². The average molecular weight is 391 g/mol. The van der Waals surface area contributed by atoms with Crippen molar-refractivity contribution in [3.63, 3.8) is 0 Å². The Labute approximate surface area is 161 Å². The van der Waals surface area contributed by atoms with Crippen LogP contribution in [0.1, 0.15) is 31.0 Å². The predicted octanol–water partition coefficient (Wildman–Crippen LogP) is 3.04. The molecule has 0 saturated carbocycles. The Kier molecular flexibility index (Phi) is 6.85. The number of nitrogens with zero attached hydrogens (tertiary/aromatic N) is 1. The highest BCUT2D eigenvalue weighted by molar-refractivity contribution is 7.92. The summed E-state index contributed by atoms with van der Waals surface area (Å²) in [5, 5.41) is 2.85. The van der Waals surface area contributed by atoms with Crippen LogP contribution in [0.25, 0.3) is 0 Å². The lowest BCUT2D eigenvalue weighted by Gasteiger charge is -2.23. The number of anilines is 1. The Morgan fingerprint density at radius 2 is 1.70 bits per heavy atom. The van der Waals surface area contributed by atoms with Gasteiger partial charge in [0.25, 0.3) is 0 Å². The molecule has 0 spiro atoms. The topological polar surface area (TPSA) is 75.7 Å². The zero-order chi connectivity index (χ0) is 20.0. The van der Waals surface area contributed by atoms with Crippen molar-refractivity contribution in [2.45, 2.75) is 26.8 Å². The van der Waals surface area contributed by atoms with Crippen molar-refractivity contribution < 1.29 is 17.9 Å². The van der Waals surface area contributed by atoms with Crippen LogP contribution in [-0.4, -0.2) is 33.7 Å². The molecule has 0 fully saturated rings. The summed E-state index contributed by atoms with van der Waals surface area (Å²) in [6.07, 6.45) is 1.09. The third-order valence-electron chi connectivity index (χ3n) is 4.08. The van der Waals surface area contributed by atoms with E-state index in [2.05, 4.69) is 5.32 Å². The Bertz CT molecular complexity index is 862. The third kappa shape index (κ3) is 5.99. The molecule has 0 aliphatic carbocycles. The molecule has 146 valence electrons. The van der Waals surface area contributed by atoms with Crippen LogP contribution in [0.2, 0.25) is 0 Å². The zero-order valence-electron chi connectivity index (χ0n) is 16.1. The lowest BCUT2D eigenvalue weighted by molar-refractivity contribution is -0.120. The zero-order valence-corrected chi connectivity index (χ0v) is 16.9. The van der Waals surface area contributed by atoms with Crippen LogP contribution >= 0.6 is 0 Å². The summed E-state index contributed by atoms with van der Waals surface area (Å²) in [4.78, 5) is 12.5. The summed E-state index contributed by atoms with van der Waals surface area (Å²) in [7, 11) is -3.58. The molecule has 0 radical (unpaired) electrons. The number of carbonyl (C=O) groups excluding carboxylic acids is 1. The SMILES string of the molecule is CCOc1ccc([C@@H](C)NC(=O)CN(c2ccc(C)cc2)S(C)(=O)=O)cc1. The van der Waals surface area contributed by atoms with Crippen LogP contribution < -0.4 is 14.4 Å². The molecular weight excluding hydrogens is 364 g/mol. The Balaban J connectivity index is 2.07. The first-order chi connectivity index (χ1) is 12.7. The van der Waals surface area contributed by atoms with Gasteiger partial charge < -0.3 is 10.1 Å². The molecule has 1 atom stereocenters. The molecule has 0 aromatic heterocycles. The van der Waals surface area contributed by atoms with Gasteiger partial charge in [-0.2, -0.15) is 0 Å². The highest BCUT2D eigenvalue weighted by Gasteiger charge is 2.21. The van der Waals surface area contributed by atoms with Gasteiger partial charge in [-0.05, 0) is 50.6 Å². The van der Waals surface area contributed by atoms with Gasteiger partial charge in [-0.3, -0.25) is 9.10 Å². The van der Waals surface area contributed by atoms with Gasteiger partial charge in [-0.25, -0.2) is 8.42 Å². The maximum atomic E-state index is 12.5. The molecule has 6 nitrogen and oxygen atoms in total. The van der Waals surface area contributed by atoms with E-state index in [4.69, 9.17) is 4.74 Å². The molecular formula is C20H26N2O4S. The predicted molar refractivity (Wildman–Crippen MR) is 108 cm³/mol. The summed E-state index contributed by atoms with van der Waals surface area (Å²) >= 11 is 0. The second kappa shape index (κ2) is 8.90. The van der Waals surface area contributed by atoms with Gasteiger partial charge in [0, 0.05) is 0 Å². The number of sulfonamides is 1. The molecule has 0 bridgehead atoms. The summed E-state index contributed by atoms with van der Waals surface area (Å²) in [5.74, 6) is 0.393. The van der Waals surface area contributed by atoms with Crippen molar-refractivity contribution in [3.05, 3.63) is 59.7 Å². The lowest BCUT2D eigenvalue weighted by atomic mass is 10.1. The van der Waals surface area contributed by atoms with E-state index in [9.17, 15) is 13.2 Å². The lowest BCUT2D eigenvalue weighted by Crippen LogP contribution is -2.41. The first-order valence-electron chi connectivity index (χ1n) is 8.77. The van der Waals surface area contributed by atoms with E-state index in [-0.39, 0.29) is 18.5 Å². The third-order valence-corrected chi connectivity index (χ3v) is 5.22. The van der Waals surface area contributed by atoms with Gasteiger partial charge in [0.2, 0.25) is 15.9 Å². The van der Waals surface area contributed by atoms with E-state index in [1.807, 2.05) is 57.2 Å². The maximum absolute atomic E-state index is 12.5. The van der Waals surface area contributed by atoms with Gasteiger partial charge >= 0.3 is 0 Å². The minimum atomic E-state index is -3.58. The monoisotopic (exact) mass is 390 g/mol. The molecule has 7 heteroatoms. The second-order valence-electron chi connectivity index (χ2n) is 6.40. The molecule has 2 aromatic rings. The van der Waals surface area contributed by atoms with E-state index in [0.29, 0.717) is 12.3 Å². The van der Waals surface area contributed by atoms with Gasteiger partial charge in [-0.15, -0.1) is 0 Å². The molecule has 0 unspecified atom stereocenters. The van der Waals surface area contributed by atoms with Crippen molar-refractivity contribution in [2.24, 2.45) is 0 Å². The highest BCUT2D eigenvalue weighted by atomic mass is 32.2. The quantitative estimate of drug-likeness (QED) is 0.752. The van der Waals surface area contributed by atoms with Gasteiger partial charge in [0.05, 0.1) is 24.6 Å². The number of carbonyl (C=O) groups is 1. The van der Waals surface area contributed by atoms with Crippen LogP contribution in [0.5, 0.6) is 5.75 Å². The standard InChI is InChI=1S/C20H26N2O4S/c1-5-26-19-12-8-17(9-13-19)16(3)21-20(23)14-22(27(4,24)25)18-10-6-15(2)7-11-18/h6-13,16H,5,14H2,1-4H3,(H,21,23)/t16-/m1/s1. The number of benzene rings is 2. The van der Waals surface area contributed by atoms with Crippen LogP contribution in [0.4, 0.5) is 5.69 Å². The van der Waals surface area contributed by atoms with E-state index in [1.165, 1.54) is 0 Å². The number of hydrogen-bond acceptors (Lipinski definition) is 4. The molecule has 2 rings (SSSR count). The molecule has 1 N–H and O–H groups in total. The Morgan fingerprint density at radius 3 is 2.22 bits per heavy atom. The minimum Gasteiger partial charge on any atom is -0.494 e. The van der Waals surface area contributed by atoms with Crippen molar-refractivity contribution in [2.75, 3.05) is 23.7 Å². The molecule has 2 aromatic carbocycles. The molecule has 0 aliphatic rings. The van der Waals surface area contributed by atoms with E-state index >= 15 is 0 Å². The first-order valence-corrected chi connectivity index (χ1v) is 10.6. The van der Waals surface area contributed by atoms with Crippen LogP contribution in [-0.2, 0) is 14.8 Å². The summed E-state index contributed by atoms with van der Waals surface area (Å²) in [5.41, 5.74) is 2.39. The fourth-order valence-corrected chi connectivity index (χ4v) is 3.49. The molecule has 0 heterocycles. The van der Waals surface area contributed by atoms with Crippen molar-refractivity contribution >= 4 is 21.6 Å². The highest BCUT2D eigenvalue weighted by Crippen LogP contribution is 2.20.